The van der Waals surface area contributed by atoms with E-state index in [4.69, 9.17) is 14.2 Å². The summed E-state index contributed by atoms with van der Waals surface area (Å²) in [4.78, 5) is 28.2. The quantitative estimate of drug-likeness (QED) is 0.666. The lowest BCUT2D eigenvalue weighted by Crippen LogP contribution is -2.45. The van der Waals surface area contributed by atoms with Gasteiger partial charge in [-0.3, -0.25) is 9.59 Å². The zero-order chi connectivity index (χ0) is 22.7. The number of halogens is 1. The second kappa shape index (κ2) is 6.96. The van der Waals surface area contributed by atoms with Crippen LogP contribution >= 0.6 is 0 Å². The van der Waals surface area contributed by atoms with E-state index >= 15 is 0 Å². The first kappa shape index (κ1) is 19.6. The number of benzene rings is 3. The van der Waals surface area contributed by atoms with Gasteiger partial charge in [-0.25, -0.2) is 4.39 Å². The van der Waals surface area contributed by atoms with E-state index in [-0.39, 0.29) is 25.9 Å². The molecule has 1 spiro atoms. The smallest absolute Gasteiger partial charge is 0.246 e. The molecule has 166 valence electrons. The third-order valence-corrected chi connectivity index (χ3v) is 6.49. The SMILES string of the molecule is Cc1c(F)cccc1NC(=O)CN1C(=O)C2(COc3cc4c(cc32)OCO4)c2ccccc21. The van der Waals surface area contributed by atoms with Crippen molar-refractivity contribution >= 4 is 23.2 Å². The van der Waals surface area contributed by atoms with Crippen molar-refractivity contribution in [3.05, 3.63) is 77.1 Å². The molecule has 0 radical (unpaired) electrons. The highest BCUT2D eigenvalue weighted by Gasteiger charge is 2.57. The number of amides is 2. The van der Waals surface area contributed by atoms with Crippen molar-refractivity contribution in [2.24, 2.45) is 0 Å². The van der Waals surface area contributed by atoms with Crippen molar-refractivity contribution in [1.82, 2.24) is 0 Å². The van der Waals surface area contributed by atoms with Crippen LogP contribution in [-0.2, 0) is 15.0 Å². The fourth-order valence-corrected chi connectivity index (χ4v) is 4.80. The fourth-order valence-electron chi connectivity index (χ4n) is 4.80. The summed E-state index contributed by atoms with van der Waals surface area (Å²) in [5, 5.41) is 2.72. The highest BCUT2D eigenvalue weighted by Crippen LogP contribution is 2.54. The molecular formula is C25H19FN2O5. The van der Waals surface area contributed by atoms with Gasteiger partial charge in [-0.15, -0.1) is 0 Å². The lowest BCUT2D eigenvalue weighted by atomic mass is 9.77. The number of carbonyl (C=O) groups excluding carboxylic acids is 2. The molecule has 8 heteroatoms. The molecule has 0 aliphatic carbocycles. The average Bonchev–Trinajstić information content (AvgIpc) is 3.48. The molecule has 3 aromatic rings. The van der Waals surface area contributed by atoms with Crippen LogP contribution in [0.25, 0.3) is 0 Å². The monoisotopic (exact) mass is 446 g/mol. The Bertz CT molecular complexity index is 1340. The maximum absolute atomic E-state index is 13.9. The standard InChI is InChI=1S/C25H19FN2O5/c1-14-17(26)6-4-7-18(14)27-23(29)11-28-19-8-3-2-5-15(19)25(24(28)30)12-31-20-10-22-21(9-16(20)25)32-13-33-22/h2-10H,11-13H2,1H3,(H,27,29). The van der Waals surface area contributed by atoms with Crippen LogP contribution in [0.1, 0.15) is 16.7 Å². The van der Waals surface area contributed by atoms with Crippen LogP contribution in [0.4, 0.5) is 15.8 Å². The minimum atomic E-state index is -1.08. The summed E-state index contributed by atoms with van der Waals surface area (Å²) in [5.41, 5.74) is 1.72. The Morgan fingerprint density at radius 2 is 1.82 bits per heavy atom. The van der Waals surface area contributed by atoms with Gasteiger partial charge in [0.15, 0.2) is 11.5 Å². The van der Waals surface area contributed by atoms with E-state index in [9.17, 15) is 14.0 Å². The lowest BCUT2D eigenvalue weighted by molar-refractivity contribution is -0.124. The van der Waals surface area contributed by atoms with Crippen LogP contribution in [0.3, 0.4) is 0 Å². The van der Waals surface area contributed by atoms with Gasteiger partial charge in [0.2, 0.25) is 18.6 Å². The molecular weight excluding hydrogens is 427 g/mol. The highest BCUT2D eigenvalue weighted by molar-refractivity contribution is 6.14. The van der Waals surface area contributed by atoms with Gasteiger partial charge in [0.05, 0.1) is 0 Å². The van der Waals surface area contributed by atoms with Crippen LogP contribution in [-0.4, -0.2) is 31.8 Å². The van der Waals surface area contributed by atoms with Crippen LogP contribution in [0.15, 0.2) is 54.6 Å². The normalized spacial score (nSPS) is 19.5. The lowest BCUT2D eigenvalue weighted by Gasteiger charge is -2.23. The topological polar surface area (TPSA) is 77.1 Å². The van der Waals surface area contributed by atoms with Gasteiger partial charge in [-0.1, -0.05) is 24.3 Å². The Kier molecular flexibility index (Phi) is 4.14. The van der Waals surface area contributed by atoms with Gasteiger partial charge in [-0.2, -0.15) is 0 Å². The van der Waals surface area contributed by atoms with Crippen molar-refractivity contribution < 1.29 is 28.2 Å². The van der Waals surface area contributed by atoms with E-state index in [1.54, 1.807) is 25.1 Å². The van der Waals surface area contributed by atoms with Gasteiger partial charge >= 0.3 is 0 Å². The molecule has 0 saturated heterocycles. The predicted molar refractivity (Wildman–Crippen MR) is 117 cm³/mol. The van der Waals surface area contributed by atoms with Crippen LogP contribution in [0.5, 0.6) is 17.2 Å². The Morgan fingerprint density at radius 1 is 1.03 bits per heavy atom. The number of rotatable bonds is 3. The van der Waals surface area contributed by atoms with E-state index in [0.717, 1.165) is 5.56 Å². The summed E-state index contributed by atoms with van der Waals surface area (Å²) in [6, 6.07) is 15.4. The number of anilines is 2. The molecule has 1 N–H and O–H groups in total. The first-order chi connectivity index (χ1) is 16.0. The number of hydrogen-bond acceptors (Lipinski definition) is 5. The summed E-state index contributed by atoms with van der Waals surface area (Å²) in [6.07, 6.45) is 0. The number of nitrogens with zero attached hydrogens (tertiary/aromatic N) is 1. The van der Waals surface area contributed by atoms with Gasteiger partial charge in [0, 0.05) is 28.6 Å². The number of nitrogens with one attached hydrogen (secondary N) is 1. The zero-order valence-corrected chi connectivity index (χ0v) is 17.7. The molecule has 6 rings (SSSR count). The Hall–Kier alpha value is -4.07. The molecule has 3 aromatic carbocycles. The number of ether oxygens (including phenoxy) is 3. The summed E-state index contributed by atoms with van der Waals surface area (Å²) < 4.78 is 30.8. The number of fused-ring (bicyclic) bond motifs is 5. The average molecular weight is 446 g/mol. The molecule has 1 atom stereocenters. The van der Waals surface area contributed by atoms with Crippen LogP contribution in [0, 0.1) is 12.7 Å². The zero-order valence-electron chi connectivity index (χ0n) is 17.7. The van der Waals surface area contributed by atoms with E-state index in [2.05, 4.69) is 5.32 Å². The van der Waals surface area contributed by atoms with Gasteiger partial charge in [0.25, 0.3) is 0 Å². The van der Waals surface area contributed by atoms with Crippen molar-refractivity contribution in [2.75, 3.05) is 30.2 Å². The van der Waals surface area contributed by atoms with Gasteiger partial charge in [0.1, 0.15) is 30.1 Å². The summed E-state index contributed by atoms with van der Waals surface area (Å²) in [7, 11) is 0. The first-order valence-corrected chi connectivity index (χ1v) is 10.5. The number of carbonyl (C=O) groups is 2. The highest BCUT2D eigenvalue weighted by atomic mass is 19.1. The minimum Gasteiger partial charge on any atom is -0.491 e. The third kappa shape index (κ3) is 2.73. The van der Waals surface area contributed by atoms with E-state index in [1.807, 2.05) is 24.3 Å². The van der Waals surface area contributed by atoms with Crippen molar-refractivity contribution in [2.45, 2.75) is 12.3 Å². The molecule has 3 heterocycles. The molecule has 0 aromatic heterocycles. The molecule has 0 fully saturated rings. The Balaban J connectivity index is 1.37. The number of hydrogen-bond donors (Lipinski definition) is 1. The largest absolute Gasteiger partial charge is 0.491 e. The Labute approximate surface area is 188 Å². The minimum absolute atomic E-state index is 0.113. The van der Waals surface area contributed by atoms with Gasteiger partial charge < -0.3 is 24.4 Å². The maximum Gasteiger partial charge on any atom is 0.246 e. The molecule has 33 heavy (non-hydrogen) atoms. The predicted octanol–water partition coefficient (Wildman–Crippen LogP) is 3.53. The Morgan fingerprint density at radius 3 is 2.67 bits per heavy atom. The van der Waals surface area contributed by atoms with E-state index < -0.39 is 17.1 Å². The van der Waals surface area contributed by atoms with Crippen molar-refractivity contribution in [3.63, 3.8) is 0 Å². The van der Waals surface area contributed by atoms with E-state index in [1.165, 1.54) is 17.0 Å². The van der Waals surface area contributed by atoms with Crippen molar-refractivity contribution in [3.8, 4) is 17.2 Å². The molecule has 3 aliphatic rings. The summed E-state index contributed by atoms with van der Waals surface area (Å²) >= 11 is 0. The first-order valence-electron chi connectivity index (χ1n) is 10.5. The van der Waals surface area contributed by atoms with Crippen LogP contribution < -0.4 is 24.4 Å². The molecule has 0 bridgehead atoms. The molecule has 2 amide bonds. The van der Waals surface area contributed by atoms with Crippen molar-refractivity contribution in [1.29, 1.82) is 0 Å². The maximum atomic E-state index is 13.9. The fraction of sp³-hybridized carbons (Fsp3) is 0.200. The molecule has 3 aliphatic heterocycles. The number of para-hydroxylation sites is 1. The third-order valence-electron chi connectivity index (χ3n) is 6.49. The van der Waals surface area contributed by atoms with Crippen LogP contribution in [0.2, 0.25) is 0 Å². The molecule has 7 nitrogen and oxygen atoms in total. The summed E-state index contributed by atoms with van der Waals surface area (Å²) in [5.74, 6) is 0.603. The second-order valence-corrected chi connectivity index (χ2v) is 8.26. The second-order valence-electron chi connectivity index (χ2n) is 8.26. The van der Waals surface area contributed by atoms with Gasteiger partial charge in [-0.05, 0) is 36.8 Å². The molecule has 0 saturated carbocycles. The van der Waals surface area contributed by atoms with E-state index in [0.29, 0.717) is 39.8 Å². The summed E-state index contributed by atoms with van der Waals surface area (Å²) in [6.45, 7) is 1.60. The molecule has 1 unspecified atom stereocenters.